The third-order valence-corrected chi connectivity index (χ3v) is 3.82. The normalized spacial score (nSPS) is 15.6. The van der Waals surface area contributed by atoms with Crippen molar-refractivity contribution in [2.75, 3.05) is 48.9 Å². The minimum absolute atomic E-state index is 0.0309. The summed E-state index contributed by atoms with van der Waals surface area (Å²) in [5.74, 6) is 1.83. The van der Waals surface area contributed by atoms with Gasteiger partial charge >= 0.3 is 0 Å². The molecule has 0 atom stereocenters. The second-order valence-corrected chi connectivity index (χ2v) is 5.73. The smallest absolute Gasteiger partial charge is 0.232 e. The van der Waals surface area contributed by atoms with Crippen LogP contribution < -0.4 is 15.1 Å². The number of rotatable bonds is 5. The highest BCUT2D eigenvalue weighted by molar-refractivity contribution is 5.46. The molecule has 2 heterocycles. The fourth-order valence-electron chi connectivity index (χ4n) is 2.05. The summed E-state index contributed by atoms with van der Waals surface area (Å²) in [6.45, 7) is 5.90. The van der Waals surface area contributed by atoms with Gasteiger partial charge in [0.15, 0.2) is 0 Å². The molecule has 20 heavy (non-hydrogen) atoms. The Hall–Kier alpha value is -1.63. The predicted octanol–water partition coefficient (Wildman–Crippen LogP) is 0.721. The van der Waals surface area contributed by atoms with Crippen molar-refractivity contribution in [3.05, 3.63) is 0 Å². The molecule has 7 nitrogen and oxygen atoms in total. The Morgan fingerprint density at radius 3 is 2.45 bits per heavy atom. The Morgan fingerprint density at radius 2 is 1.90 bits per heavy atom. The predicted molar refractivity (Wildman–Crippen MR) is 80.4 cm³/mol. The summed E-state index contributed by atoms with van der Waals surface area (Å²) >= 11 is 0. The highest BCUT2D eigenvalue weighted by Gasteiger charge is 2.26. The van der Waals surface area contributed by atoms with Crippen molar-refractivity contribution in [2.45, 2.75) is 32.2 Å². The number of hydrogen-bond acceptors (Lipinski definition) is 7. The van der Waals surface area contributed by atoms with Crippen LogP contribution in [0, 0.1) is 0 Å². The van der Waals surface area contributed by atoms with Gasteiger partial charge in [-0.15, -0.1) is 0 Å². The number of nitrogens with zero attached hydrogens (tertiary/aromatic N) is 5. The Kier molecular flexibility index (Phi) is 4.27. The van der Waals surface area contributed by atoms with E-state index in [-0.39, 0.29) is 6.61 Å². The Bertz CT molecular complexity index is 458. The summed E-state index contributed by atoms with van der Waals surface area (Å²) in [4.78, 5) is 17.4. The number of hydrogen-bond donors (Lipinski definition) is 2. The van der Waals surface area contributed by atoms with E-state index in [4.69, 9.17) is 0 Å². The first-order chi connectivity index (χ1) is 9.47. The van der Waals surface area contributed by atoms with Crippen LogP contribution in [0.15, 0.2) is 0 Å². The summed E-state index contributed by atoms with van der Waals surface area (Å²) in [6.07, 6.45) is 2.35. The van der Waals surface area contributed by atoms with E-state index in [1.54, 1.807) is 7.05 Å². The van der Waals surface area contributed by atoms with E-state index in [2.05, 4.69) is 25.2 Å². The molecule has 0 unspecified atom stereocenters. The molecule has 7 heteroatoms. The molecule has 2 N–H and O–H groups in total. The molecule has 0 radical (unpaired) electrons. The largest absolute Gasteiger partial charge is 0.394 e. The van der Waals surface area contributed by atoms with Gasteiger partial charge in [0.1, 0.15) is 0 Å². The molecule has 0 spiro atoms. The fourth-order valence-corrected chi connectivity index (χ4v) is 2.05. The van der Waals surface area contributed by atoms with Crippen molar-refractivity contribution in [3.63, 3.8) is 0 Å². The van der Waals surface area contributed by atoms with E-state index in [1.165, 1.54) is 12.8 Å². The van der Waals surface area contributed by atoms with Gasteiger partial charge < -0.3 is 20.2 Å². The van der Waals surface area contributed by atoms with E-state index in [0.29, 0.717) is 17.8 Å². The van der Waals surface area contributed by atoms with Crippen molar-refractivity contribution >= 4 is 17.8 Å². The molecule has 1 aromatic heterocycles. The minimum Gasteiger partial charge on any atom is -0.394 e. The van der Waals surface area contributed by atoms with Crippen molar-refractivity contribution in [3.8, 4) is 0 Å². The first-order valence-electron chi connectivity index (χ1n) is 7.01. The van der Waals surface area contributed by atoms with Crippen molar-refractivity contribution < 1.29 is 5.11 Å². The van der Waals surface area contributed by atoms with Gasteiger partial charge in [-0.2, -0.15) is 15.0 Å². The topological polar surface area (TPSA) is 77.4 Å². The van der Waals surface area contributed by atoms with Gasteiger partial charge in [0.25, 0.3) is 0 Å². The van der Waals surface area contributed by atoms with Gasteiger partial charge in [-0.05, 0) is 26.7 Å². The summed E-state index contributed by atoms with van der Waals surface area (Å²) in [5, 5.41) is 12.5. The minimum atomic E-state index is -0.422. The SMILES string of the molecule is CNc1nc(N2CCCC2)nc(N(C)C(C)(C)CO)n1. The standard InChI is InChI=1S/C13H24N6O/c1-13(2,9-20)18(4)11-15-10(14-3)16-12(17-11)19-7-5-6-8-19/h20H,5-9H2,1-4H3,(H,14,15,16,17). The number of nitrogens with one attached hydrogen (secondary N) is 1. The lowest BCUT2D eigenvalue weighted by atomic mass is 10.1. The van der Waals surface area contributed by atoms with Gasteiger partial charge in [-0.25, -0.2) is 0 Å². The number of likely N-dealkylation sites (N-methyl/N-ethyl adjacent to an activating group) is 1. The molecule has 0 saturated carbocycles. The van der Waals surface area contributed by atoms with Crippen LogP contribution in [0.5, 0.6) is 0 Å². The maximum Gasteiger partial charge on any atom is 0.232 e. The maximum absolute atomic E-state index is 9.49. The van der Waals surface area contributed by atoms with Gasteiger partial charge in [0.05, 0.1) is 12.1 Å². The fraction of sp³-hybridized carbons (Fsp3) is 0.769. The molecular formula is C13H24N6O. The monoisotopic (exact) mass is 280 g/mol. The van der Waals surface area contributed by atoms with Crippen LogP contribution in [0.1, 0.15) is 26.7 Å². The lowest BCUT2D eigenvalue weighted by molar-refractivity contribution is 0.215. The summed E-state index contributed by atoms with van der Waals surface area (Å²) in [7, 11) is 3.68. The maximum atomic E-state index is 9.49. The average molecular weight is 280 g/mol. The third-order valence-electron chi connectivity index (χ3n) is 3.82. The zero-order valence-corrected chi connectivity index (χ0v) is 12.7. The van der Waals surface area contributed by atoms with E-state index in [1.807, 2.05) is 25.8 Å². The van der Waals surface area contributed by atoms with E-state index >= 15 is 0 Å². The van der Waals surface area contributed by atoms with Crippen LogP contribution in [0.2, 0.25) is 0 Å². The summed E-state index contributed by atoms with van der Waals surface area (Å²) in [6, 6.07) is 0. The van der Waals surface area contributed by atoms with Crippen molar-refractivity contribution in [1.29, 1.82) is 0 Å². The van der Waals surface area contributed by atoms with Gasteiger partial charge in [-0.1, -0.05) is 0 Å². The second-order valence-electron chi connectivity index (χ2n) is 5.73. The molecule has 1 aromatic rings. The Balaban J connectivity index is 2.34. The zero-order chi connectivity index (χ0) is 14.8. The van der Waals surface area contributed by atoms with Gasteiger partial charge in [0, 0.05) is 27.2 Å². The molecule has 0 aromatic carbocycles. The van der Waals surface area contributed by atoms with Gasteiger partial charge in [0.2, 0.25) is 17.8 Å². The van der Waals surface area contributed by atoms with Crippen molar-refractivity contribution in [1.82, 2.24) is 15.0 Å². The highest BCUT2D eigenvalue weighted by atomic mass is 16.3. The Labute approximate surface area is 120 Å². The number of aromatic nitrogens is 3. The lowest BCUT2D eigenvalue weighted by Crippen LogP contribution is -2.45. The van der Waals surface area contributed by atoms with Gasteiger partial charge in [-0.3, -0.25) is 0 Å². The molecule has 1 aliphatic rings. The Morgan fingerprint density at radius 1 is 1.25 bits per heavy atom. The zero-order valence-electron chi connectivity index (χ0n) is 12.7. The molecule has 1 fully saturated rings. The third kappa shape index (κ3) is 2.92. The molecule has 0 bridgehead atoms. The molecule has 1 saturated heterocycles. The molecule has 112 valence electrons. The lowest BCUT2D eigenvalue weighted by Gasteiger charge is -2.34. The van der Waals surface area contributed by atoms with Crippen LogP contribution in [0.3, 0.4) is 0 Å². The van der Waals surface area contributed by atoms with E-state index in [9.17, 15) is 5.11 Å². The van der Waals surface area contributed by atoms with Crippen LogP contribution in [-0.2, 0) is 0 Å². The number of aliphatic hydroxyl groups excluding tert-OH is 1. The van der Waals surface area contributed by atoms with Crippen LogP contribution in [-0.4, -0.2) is 59.4 Å². The molecule has 1 aliphatic heterocycles. The molecule has 0 amide bonds. The first-order valence-corrected chi connectivity index (χ1v) is 7.01. The van der Waals surface area contributed by atoms with Crippen LogP contribution >= 0.6 is 0 Å². The summed E-state index contributed by atoms with van der Waals surface area (Å²) < 4.78 is 0. The van der Waals surface area contributed by atoms with Crippen LogP contribution in [0.25, 0.3) is 0 Å². The first kappa shape index (κ1) is 14.8. The number of anilines is 3. The average Bonchev–Trinajstić information content (AvgIpc) is 3.00. The summed E-state index contributed by atoms with van der Waals surface area (Å²) in [5.41, 5.74) is -0.422. The van der Waals surface area contributed by atoms with Crippen molar-refractivity contribution in [2.24, 2.45) is 0 Å². The van der Waals surface area contributed by atoms with Crippen LogP contribution in [0.4, 0.5) is 17.8 Å². The second kappa shape index (κ2) is 5.78. The van der Waals surface area contributed by atoms with E-state index < -0.39 is 5.54 Å². The quantitative estimate of drug-likeness (QED) is 0.823. The molecule has 2 rings (SSSR count). The highest BCUT2D eigenvalue weighted by Crippen LogP contribution is 2.23. The molecule has 0 aliphatic carbocycles. The molecular weight excluding hydrogens is 256 g/mol. The number of aliphatic hydroxyl groups is 1. The van der Waals surface area contributed by atoms with E-state index in [0.717, 1.165) is 13.1 Å².